The lowest BCUT2D eigenvalue weighted by molar-refractivity contribution is -0.192. The first kappa shape index (κ1) is 22.3. The van der Waals surface area contributed by atoms with Gasteiger partial charge in [0.25, 0.3) is 5.89 Å². The van der Waals surface area contributed by atoms with Gasteiger partial charge in [-0.05, 0) is 43.1 Å². The fraction of sp³-hybridized carbons (Fsp3) is 0.300. The molecule has 0 radical (unpaired) electrons. The number of carbonyl (C=O) groups is 1. The van der Waals surface area contributed by atoms with E-state index in [2.05, 4.69) is 30.6 Å². The minimum Gasteiger partial charge on any atom is -0.475 e. The largest absolute Gasteiger partial charge is 0.490 e. The van der Waals surface area contributed by atoms with Gasteiger partial charge in [-0.1, -0.05) is 17.3 Å². The molecule has 0 aliphatic carbocycles. The minimum atomic E-state index is -5.08. The Bertz CT molecular complexity index is 1270. The summed E-state index contributed by atoms with van der Waals surface area (Å²) < 4.78 is 37.2. The van der Waals surface area contributed by atoms with Crippen molar-refractivity contribution in [2.75, 3.05) is 6.54 Å². The monoisotopic (exact) mass is 461 g/mol. The number of aromatic nitrogens is 6. The summed E-state index contributed by atoms with van der Waals surface area (Å²) in [5.41, 5.74) is 6.04. The van der Waals surface area contributed by atoms with Gasteiger partial charge in [-0.2, -0.15) is 33.1 Å². The fourth-order valence-electron chi connectivity index (χ4n) is 3.38. The highest BCUT2D eigenvalue weighted by molar-refractivity contribution is 5.73. The third-order valence-corrected chi connectivity index (χ3v) is 4.87. The summed E-state index contributed by atoms with van der Waals surface area (Å²) in [5.74, 6) is -1.70. The number of aryl methyl sites for hydroxylation is 1. The molecular formula is C20H18F3N7O3. The van der Waals surface area contributed by atoms with Crippen molar-refractivity contribution in [2.24, 2.45) is 0 Å². The summed E-state index contributed by atoms with van der Waals surface area (Å²) in [6.45, 7) is 4.09. The zero-order valence-corrected chi connectivity index (χ0v) is 17.3. The molecule has 5 rings (SSSR count). The summed E-state index contributed by atoms with van der Waals surface area (Å²) in [7, 11) is 0. The quantitative estimate of drug-likeness (QED) is 0.472. The lowest BCUT2D eigenvalue weighted by Crippen LogP contribution is -2.24. The fourth-order valence-corrected chi connectivity index (χ4v) is 3.38. The van der Waals surface area contributed by atoms with Gasteiger partial charge in [-0.15, -0.1) is 0 Å². The Morgan fingerprint density at radius 1 is 1.24 bits per heavy atom. The van der Waals surface area contributed by atoms with Crippen LogP contribution < -0.4 is 5.32 Å². The van der Waals surface area contributed by atoms with E-state index < -0.39 is 12.1 Å². The van der Waals surface area contributed by atoms with Crippen LogP contribution in [0, 0.1) is 6.92 Å². The second-order valence-corrected chi connectivity index (χ2v) is 7.18. The predicted octanol–water partition coefficient (Wildman–Crippen LogP) is 2.51. The number of rotatable bonds is 3. The van der Waals surface area contributed by atoms with E-state index >= 15 is 0 Å². The molecule has 0 unspecified atom stereocenters. The average Bonchev–Trinajstić information content (AvgIpc) is 3.40. The predicted molar refractivity (Wildman–Crippen MR) is 108 cm³/mol. The Hall–Kier alpha value is -3.87. The van der Waals surface area contributed by atoms with Crippen LogP contribution in [-0.2, 0) is 24.3 Å². The van der Waals surface area contributed by atoms with Crippen molar-refractivity contribution in [1.29, 1.82) is 0 Å². The molecular weight excluding hydrogens is 443 g/mol. The number of nitrogens with one attached hydrogen (secondary N) is 1. The molecule has 0 bridgehead atoms. The molecule has 0 amide bonds. The molecule has 33 heavy (non-hydrogen) atoms. The molecule has 0 spiro atoms. The highest BCUT2D eigenvalue weighted by Gasteiger charge is 2.38. The second kappa shape index (κ2) is 8.94. The van der Waals surface area contributed by atoms with E-state index in [4.69, 9.17) is 14.4 Å². The summed E-state index contributed by atoms with van der Waals surface area (Å²) >= 11 is 0. The number of hydrogen-bond acceptors (Lipinski definition) is 8. The number of aliphatic carboxylic acids is 1. The maximum Gasteiger partial charge on any atom is 0.490 e. The Kier molecular flexibility index (Phi) is 6.05. The van der Waals surface area contributed by atoms with Gasteiger partial charge in [0.15, 0.2) is 0 Å². The van der Waals surface area contributed by atoms with Crippen LogP contribution in [0.2, 0.25) is 0 Å². The molecule has 4 heterocycles. The first-order valence-electron chi connectivity index (χ1n) is 9.83. The molecule has 0 fully saturated rings. The summed E-state index contributed by atoms with van der Waals surface area (Å²) in [6, 6.07) is 7.74. The molecule has 1 aliphatic rings. The van der Waals surface area contributed by atoms with E-state index in [9.17, 15) is 13.2 Å². The van der Waals surface area contributed by atoms with Crippen LogP contribution in [0.25, 0.3) is 22.4 Å². The number of pyridine rings is 1. The smallest absolute Gasteiger partial charge is 0.475 e. The zero-order valence-electron chi connectivity index (χ0n) is 17.3. The van der Waals surface area contributed by atoms with Gasteiger partial charge in [0, 0.05) is 24.0 Å². The lowest BCUT2D eigenvalue weighted by atomic mass is 9.95. The molecule has 0 saturated heterocycles. The number of halogens is 3. The van der Waals surface area contributed by atoms with Crippen molar-refractivity contribution < 1.29 is 27.6 Å². The van der Waals surface area contributed by atoms with Crippen molar-refractivity contribution in [2.45, 2.75) is 32.6 Å². The molecule has 4 aromatic rings. The number of nitrogens with zero attached hydrogens (tertiary/aromatic N) is 6. The molecule has 13 heteroatoms. The molecule has 1 aliphatic heterocycles. The minimum absolute atomic E-state index is 0.338. The number of fused-ring (bicyclic) bond motifs is 2. The second-order valence-electron chi connectivity index (χ2n) is 7.18. The molecule has 172 valence electrons. The van der Waals surface area contributed by atoms with Gasteiger partial charge in [0.2, 0.25) is 5.82 Å². The van der Waals surface area contributed by atoms with Crippen LogP contribution in [0.4, 0.5) is 13.2 Å². The van der Waals surface area contributed by atoms with Crippen LogP contribution in [0.1, 0.15) is 22.7 Å². The highest BCUT2D eigenvalue weighted by Crippen LogP contribution is 2.28. The number of alkyl halides is 3. The van der Waals surface area contributed by atoms with E-state index in [1.54, 1.807) is 4.80 Å². The Balaban J connectivity index is 0.000000325. The van der Waals surface area contributed by atoms with E-state index in [1.165, 1.54) is 11.1 Å². The van der Waals surface area contributed by atoms with Crippen LogP contribution in [0.5, 0.6) is 0 Å². The van der Waals surface area contributed by atoms with Crippen LogP contribution in [0.15, 0.2) is 35.0 Å². The van der Waals surface area contributed by atoms with E-state index in [1.807, 2.05) is 37.4 Å². The zero-order chi connectivity index (χ0) is 23.6. The molecule has 1 aromatic carbocycles. The average molecular weight is 461 g/mol. The normalized spacial score (nSPS) is 13.3. The van der Waals surface area contributed by atoms with E-state index in [0.29, 0.717) is 18.3 Å². The molecule has 0 saturated carbocycles. The lowest BCUT2D eigenvalue weighted by Gasteiger charge is -2.19. The van der Waals surface area contributed by atoms with Crippen molar-refractivity contribution in [3.8, 4) is 11.4 Å². The standard InChI is InChI=1S/C18H17N7O.C2HF3O2/c1-11-17(13-6-7-19-8-12(13)9-20-11)18-21-16(26-24-18)10-25-22-14-4-2-3-5-15(14)23-25;3-2(4,5)1(6)7/h2-5,9,19H,6-8,10H2,1H3;(H,6,7). The first-order valence-corrected chi connectivity index (χ1v) is 9.83. The van der Waals surface area contributed by atoms with Gasteiger partial charge >= 0.3 is 12.1 Å². The molecule has 0 atom stereocenters. The Labute approximate surface area is 184 Å². The van der Waals surface area contributed by atoms with Crippen LogP contribution in [-0.4, -0.2) is 53.9 Å². The number of carboxylic acid groups (broad SMARTS) is 1. The van der Waals surface area contributed by atoms with Crippen LogP contribution in [0.3, 0.4) is 0 Å². The molecule has 10 nitrogen and oxygen atoms in total. The SMILES string of the molecule is Cc1ncc2c(c1-c1noc(Cn3nc4ccccc4n3)n1)CCNC2.O=C(O)C(F)(F)F. The van der Waals surface area contributed by atoms with E-state index in [-0.39, 0.29) is 0 Å². The van der Waals surface area contributed by atoms with Gasteiger partial charge in [-0.25, -0.2) is 4.79 Å². The van der Waals surface area contributed by atoms with Crippen molar-refractivity contribution in [3.05, 3.63) is 53.2 Å². The van der Waals surface area contributed by atoms with Crippen molar-refractivity contribution in [3.63, 3.8) is 0 Å². The third-order valence-electron chi connectivity index (χ3n) is 4.87. The number of benzene rings is 1. The van der Waals surface area contributed by atoms with Gasteiger partial charge in [0.05, 0.1) is 0 Å². The van der Waals surface area contributed by atoms with Gasteiger partial charge in [-0.3, -0.25) is 4.98 Å². The van der Waals surface area contributed by atoms with Crippen molar-refractivity contribution >= 4 is 17.0 Å². The number of carboxylic acids is 1. The third kappa shape index (κ3) is 4.98. The highest BCUT2D eigenvalue weighted by atomic mass is 19.4. The van der Waals surface area contributed by atoms with E-state index in [0.717, 1.165) is 41.8 Å². The van der Waals surface area contributed by atoms with Crippen LogP contribution >= 0.6 is 0 Å². The molecule has 3 aromatic heterocycles. The number of hydrogen-bond donors (Lipinski definition) is 2. The van der Waals surface area contributed by atoms with Gasteiger partial charge in [0.1, 0.15) is 17.6 Å². The molecule has 2 N–H and O–H groups in total. The van der Waals surface area contributed by atoms with Gasteiger partial charge < -0.3 is 14.9 Å². The Morgan fingerprint density at radius 2 is 1.91 bits per heavy atom. The Morgan fingerprint density at radius 3 is 2.55 bits per heavy atom. The summed E-state index contributed by atoms with van der Waals surface area (Å²) in [5, 5.41) is 23.6. The topological polar surface area (TPSA) is 132 Å². The maximum atomic E-state index is 10.6. The maximum absolute atomic E-state index is 10.6. The summed E-state index contributed by atoms with van der Waals surface area (Å²) in [6.07, 6.45) is -2.22. The first-order chi connectivity index (χ1) is 15.7. The summed E-state index contributed by atoms with van der Waals surface area (Å²) in [4.78, 5) is 19.6. The van der Waals surface area contributed by atoms with Crippen molar-refractivity contribution in [1.82, 2.24) is 35.4 Å².